The van der Waals surface area contributed by atoms with Gasteiger partial charge in [0.05, 0.1) is 11.1 Å². The summed E-state index contributed by atoms with van der Waals surface area (Å²) in [7, 11) is 0. The first-order chi connectivity index (χ1) is 8.10. The Morgan fingerprint density at radius 2 is 2.12 bits per heavy atom. The molecular weight excluding hydrogens is 252 g/mol. The van der Waals surface area contributed by atoms with E-state index >= 15 is 0 Å². The van der Waals surface area contributed by atoms with E-state index < -0.39 is 0 Å². The van der Waals surface area contributed by atoms with Gasteiger partial charge in [0.25, 0.3) is 0 Å². The molecule has 0 aliphatic carbocycles. The fourth-order valence-electron chi connectivity index (χ4n) is 2.91. The van der Waals surface area contributed by atoms with Crippen molar-refractivity contribution in [3.05, 3.63) is 21.3 Å². The normalized spacial score (nSPS) is 28.2. The highest BCUT2D eigenvalue weighted by Crippen LogP contribution is 2.32. The molecule has 96 valence electrons. The van der Waals surface area contributed by atoms with Crippen molar-refractivity contribution in [1.29, 1.82) is 0 Å². The molecule has 1 saturated heterocycles. The summed E-state index contributed by atoms with van der Waals surface area (Å²) in [5, 5.41) is 2.83. The SMILES string of the molecule is CC1CC(C)CN(C(CN)c2cc(Cl)cs2)C1. The van der Waals surface area contributed by atoms with Crippen LogP contribution in [0, 0.1) is 11.8 Å². The minimum absolute atomic E-state index is 0.345. The summed E-state index contributed by atoms with van der Waals surface area (Å²) in [5.41, 5.74) is 5.96. The number of hydrogen-bond donors (Lipinski definition) is 1. The van der Waals surface area contributed by atoms with E-state index in [1.165, 1.54) is 11.3 Å². The minimum atomic E-state index is 0.345. The van der Waals surface area contributed by atoms with Crippen LogP contribution in [0.15, 0.2) is 11.4 Å². The summed E-state index contributed by atoms with van der Waals surface area (Å²) >= 11 is 7.73. The van der Waals surface area contributed by atoms with Gasteiger partial charge in [-0.1, -0.05) is 25.4 Å². The quantitative estimate of drug-likeness (QED) is 0.914. The molecule has 0 saturated carbocycles. The molecule has 0 amide bonds. The summed E-state index contributed by atoms with van der Waals surface area (Å²) in [6.07, 6.45) is 1.33. The number of halogens is 1. The highest BCUT2D eigenvalue weighted by atomic mass is 35.5. The van der Waals surface area contributed by atoms with Crippen LogP contribution in [0.5, 0.6) is 0 Å². The molecule has 1 aliphatic heterocycles. The van der Waals surface area contributed by atoms with Gasteiger partial charge in [0.1, 0.15) is 0 Å². The van der Waals surface area contributed by atoms with Gasteiger partial charge >= 0.3 is 0 Å². The van der Waals surface area contributed by atoms with Crippen LogP contribution in [0.2, 0.25) is 5.02 Å². The second-order valence-electron chi connectivity index (χ2n) is 5.32. The van der Waals surface area contributed by atoms with Crippen molar-refractivity contribution in [3.63, 3.8) is 0 Å². The Labute approximate surface area is 113 Å². The van der Waals surface area contributed by atoms with Crippen LogP contribution in [0.4, 0.5) is 0 Å². The first kappa shape index (κ1) is 13.3. The van der Waals surface area contributed by atoms with Gasteiger partial charge in [0.15, 0.2) is 0 Å². The molecule has 2 rings (SSSR count). The molecule has 1 aromatic rings. The van der Waals surface area contributed by atoms with Crippen LogP contribution in [0.25, 0.3) is 0 Å². The summed E-state index contributed by atoms with van der Waals surface area (Å²) in [5.74, 6) is 1.53. The van der Waals surface area contributed by atoms with E-state index in [1.807, 2.05) is 5.38 Å². The minimum Gasteiger partial charge on any atom is -0.329 e. The summed E-state index contributed by atoms with van der Waals surface area (Å²) in [4.78, 5) is 3.83. The van der Waals surface area contributed by atoms with E-state index in [1.54, 1.807) is 11.3 Å². The van der Waals surface area contributed by atoms with Gasteiger partial charge in [-0.3, -0.25) is 4.90 Å². The first-order valence-electron chi connectivity index (χ1n) is 6.28. The number of likely N-dealkylation sites (tertiary alicyclic amines) is 1. The van der Waals surface area contributed by atoms with E-state index in [2.05, 4.69) is 24.8 Å². The van der Waals surface area contributed by atoms with Gasteiger partial charge in [-0.15, -0.1) is 11.3 Å². The van der Waals surface area contributed by atoms with E-state index in [-0.39, 0.29) is 0 Å². The van der Waals surface area contributed by atoms with E-state index in [4.69, 9.17) is 17.3 Å². The topological polar surface area (TPSA) is 29.3 Å². The van der Waals surface area contributed by atoms with Crippen molar-refractivity contribution in [2.24, 2.45) is 17.6 Å². The van der Waals surface area contributed by atoms with E-state index in [9.17, 15) is 0 Å². The number of piperidine rings is 1. The van der Waals surface area contributed by atoms with Gasteiger partial charge in [-0.05, 0) is 24.3 Å². The molecule has 17 heavy (non-hydrogen) atoms. The molecule has 1 aromatic heterocycles. The number of thiophene rings is 1. The van der Waals surface area contributed by atoms with Gasteiger partial charge in [0, 0.05) is 29.9 Å². The van der Waals surface area contributed by atoms with Crippen LogP contribution < -0.4 is 5.73 Å². The van der Waals surface area contributed by atoms with Crippen molar-refractivity contribution in [2.75, 3.05) is 19.6 Å². The molecule has 1 aliphatic rings. The smallest absolute Gasteiger partial charge is 0.0565 e. The molecule has 0 spiro atoms. The van der Waals surface area contributed by atoms with Crippen molar-refractivity contribution >= 4 is 22.9 Å². The summed E-state index contributed by atoms with van der Waals surface area (Å²) < 4.78 is 0. The van der Waals surface area contributed by atoms with Crippen LogP contribution in [0.3, 0.4) is 0 Å². The third-order valence-electron chi connectivity index (χ3n) is 3.48. The molecular formula is C13H21ClN2S. The Kier molecular flexibility index (Phi) is 4.47. The van der Waals surface area contributed by atoms with Gasteiger partial charge in [-0.25, -0.2) is 0 Å². The molecule has 2 heterocycles. The molecule has 4 heteroatoms. The number of hydrogen-bond acceptors (Lipinski definition) is 3. The summed E-state index contributed by atoms with van der Waals surface area (Å²) in [6, 6.07) is 2.41. The van der Waals surface area contributed by atoms with Gasteiger partial charge in [0.2, 0.25) is 0 Å². The number of nitrogens with two attached hydrogens (primary N) is 1. The standard InChI is InChI=1S/C13H21ClN2S/c1-9-3-10(2)7-16(6-9)12(5-15)13-4-11(14)8-17-13/h4,8-10,12H,3,5-7,15H2,1-2H3. The molecule has 2 nitrogen and oxygen atoms in total. The fraction of sp³-hybridized carbons (Fsp3) is 0.692. The lowest BCUT2D eigenvalue weighted by atomic mass is 9.90. The lowest BCUT2D eigenvalue weighted by molar-refractivity contribution is 0.0999. The molecule has 0 aromatic carbocycles. The largest absolute Gasteiger partial charge is 0.329 e. The zero-order valence-electron chi connectivity index (χ0n) is 10.5. The van der Waals surface area contributed by atoms with Gasteiger partial charge < -0.3 is 5.73 Å². The lowest BCUT2D eigenvalue weighted by Crippen LogP contribution is -2.43. The molecule has 1 fully saturated rings. The second kappa shape index (κ2) is 5.70. The van der Waals surface area contributed by atoms with Crippen LogP contribution >= 0.6 is 22.9 Å². The average molecular weight is 273 g/mol. The maximum Gasteiger partial charge on any atom is 0.0565 e. The van der Waals surface area contributed by atoms with Crippen molar-refractivity contribution in [3.8, 4) is 0 Å². The third-order valence-corrected chi connectivity index (χ3v) is 4.86. The van der Waals surface area contributed by atoms with Crippen LogP contribution in [-0.4, -0.2) is 24.5 Å². The fourth-order valence-corrected chi connectivity index (χ4v) is 4.14. The second-order valence-corrected chi connectivity index (χ2v) is 6.70. The monoisotopic (exact) mass is 272 g/mol. The molecule has 0 radical (unpaired) electrons. The molecule has 3 unspecified atom stereocenters. The zero-order chi connectivity index (χ0) is 12.4. The Morgan fingerprint density at radius 1 is 1.47 bits per heavy atom. The van der Waals surface area contributed by atoms with Gasteiger partial charge in [-0.2, -0.15) is 0 Å². The average Bonchev–Trinajstić information content (AvgIpc) is 2.64. The Hall–Kier alpha value is -0.0900. The van der Waals surface area contributed by atoms with Crippen molar-refractivity contribution in [2.45, 2.75) is 26.3 Å². The zero-order valence-corrected chi connectivity index (χ0v) is 12.1. The molecule has 0 bridgehead atoms. The molecule has 2 N–H and O–H groups in total. The Morgan fingerprint density at radius 3 is 2.59 bits per heavy atom. The number of nitrogens with zero attached hydrogens (tertiary/aromatic N) is 1. The van der Waals surface area contributed by atoms with E-state index in [0.29, 0.717) is 12.6 Å². The molecule has 3 atom stereocenters. The number of rotatable bonds is 3. The lowest BCUT2D eigenvalue weighted by Gasteiger charge is -2.39. The Bertz CT molecular complexity index is 356. The van der Waals surface area contributed by atoms with Crippen LogP contribution in [0.1, 0.15) is 31.2 Å². The van der Waals surface area contributed by atoms with Crippen LogP contribution in [-0.2, 0) is 0 Å². The van der Waals surface area contributed by atoms with Crippen molar-refractivity contribution in [1.82, 2.24) is 4.90 Å². The van der Waals surface area contributed by atoms with Crippen molar-refractivity contribution < 1.29 is 0 Å². The highest BCUT2D eigenvalue weighted by Gasteiger charge is 2.28. The maximum absolute atomic E-state index is 6.01. The summed E-state index contributed by atoms with van der Waals surface area (Å²) in [6.45, 7) is 7.65. The predicted molar refractivity (Wildman–Crippen MR) is 75.6 cm³/mol. The first-order valence-corrected chi connectivity index (χ1v) is 7.54. The highest BCUT2D eigenvalue weighted by molar-refractivity contribution is 7.10. The third kappa shape index (κ3) is 3.22. The predicted octanol–water partition coefficient (Wildman–Crippen LogP) is 3.38. The Balaban J connectivity index is 2.12. The maximum atomic E-state index is 6.01. The van der Waals surface area contributed by atoms with E-state index in [0.717, 1.165) is 29.9 Å².